The molecule has 0 aliphatic rings. The van der Waals surface area contributed by atoms with Gasteiger partial charge in [-0.25, -0.2) is 4.98 Å². The maximum absolute atomic E-state index is 4.50. The van der Waals surface area contributed by atoms with Crippen molar-refractivity contribution in [1.82, 2.24) is 19.9 Å². The summed E-state index contributed by atoms with van der Waals surface area (Å²) in [5, 5.41) is 0. The van der Waals surface area contributed by atoms with Crippen LogP contribution < -0.4 is 0 Å². The van der Waals surface area contributed by atoms with Gasteiger partial charge in [0.25, 0.3) is 0 Å². The summed E-state index contributed by atoms with van der Waals surface area (Å²) in [4.78, 5) is 17.5. The number of nitrogens with zero attached hydrogens (tertiary/aromatic N) is 4. The molecular weight excluding hydrogens is 296 g/mol. The van der Waals surface area contributed by atoms with Gasteiger partial charge >= 0.3 is 0 Å². The number of rotatable bonds is 3. The number of hydrogen-bond acceptors (Lipinski definition) is 4. The maximum Gasteiger partial charge on any atom is 0.0995 e. The Bertz CT molecular complexity index is 881. The van der Waals surface area contributed by atoms with Crippen LogP contribution in [0.2, 0.25) is 0 Å². The molecule has 0 bridgehead atoms. The summed E-state index contributed by atoms with van der Waals surface area (Å²) < 4.78 is 0. The monoisotopic (exact) mass is 308 g/mol. The van der Waals surface area contributed by atoms with E-state index in [1.807, 2.05) is 48.5 Å². The number of hydrogen-bond donors (Lipinski definition) is 0. The van der Waals surface area contributed by atoms with Gasteiger partial charge in [-0.1, -0.05) is 18.2 Å². The van der Waals surface area contributed by atoms with E-state index in [4.69, 9.17) is 0 Å². The van der Waals surface area contributed by atoms with Crippen LogP contribution in [0, 0.1) is 12.3 Å². The van der Waals surface area contributed by atoms with Crippen LogP contribution in [0.25, 0.3) is 33.8 Å². The lowest BCUT2D eigenvalue weighted by Gasteiger charge is -2.12. The molecule has 0 aliphatic carbocycles. The molecule has 24 heavy (non-hydrogen) atoms. The Balaban J connectivity index is 2.02. The lowest BCUT2D eigenvalue weighted by molar-refractivity contribution is 1.22. The summed E-state index contributed by atoms with van der Waals surface area (Å²) in [6.07, 6.45) is 9.93. The van der Waals surface area contributed by atoms with E-state index in [2.05, 4.69) is 32.2 Å². The minimum Gasteiger partial charge on any atom is -0.264 e. The van der Waals surface area contributed by atoms with Gasteiger partial charge in [0.2, 0.25) is 0 Å². The van der Waals surface area contributed by atoms with Crippen molar-refractivity contribution in [2.24, 2.45) is 0 Å². The van der Waals surface area contributed by atoms with E-state index in [0.29, 0.717) is 0 Å². The largest absolute Gasteiger partial charge is 0.264 e. The van der Waals surface area contributed by atoms with E-state index in [1.165, 1.54) is 0 Å². The van der Waals surface area contributed by atoms with E-state index in [-0.39, 0.29) is 0 Å². The molecule has 0 aliphatic heterocycles. The highest BCUT2D eigenvalue weighted by molar-refractivity contribution is 5.89. The molecule has 2 radical (unpaired) electrons. The fraction of sp³-hybridized carbons (Fsp3) is 0. The molecule has 0 fully saturated rings. The van der Waals surface area contributed by atoms with Crippen LogP contribution in [0.4, 0.5) is 0 Å². The SMILES string of the molecule is [c]1[c]c(-c2cccnc2)c(-c2ccccn2)c(-c2ccccn2)n1. The molecule has 4 nitrogen and oxygen atoms in total. The van der Waals surface area contributed by atoms with E-state index < -0.39 is 0 Å². The first-order valence-electron chi connectivity index (χ1n) is 7.50. The molecule has 4 heteroatoms. The lowest BCUT2D eigenvalue weighted by Crippen LogP contribution is -1.96. The summed E-state index contributed by atoms with van der Waals surface area (Å²) in [5.41, 5.74) is 4.99. The topological polar surface area (TPSA) is 51.6 Å². The first kappa shape index (κ1) is 14.2. The van der Waals surface area contributed by atoms with Gasteiger partial charge in [-0.2, -0.15) is 0 Å². The smallest absolute Gasteiger partial charge is 0.0995 e. The van der Waals surface area contributed by atoms with Crippen LogP contribution in [0.5, 0.6) is 0 Å². The fourth-order valence-electron chi connectivity index (χ4n) is 2.55. The van der Waals surface area contributed by atoms with Gasteiger partial charge in [-0.05, 0) is 30.3 Å². The molecule has 4 aromatic heterocycles. The maximum atomic E-state index is 4.50. The van der Waals surface area contributed by atoms with Crippen molar-refractivity contribution >= 4 is 0 Å². The molecule has 0 unspecified atom stereocenters. The Hall–Kier alpha value is -3.40. The molecule has 112 valence electrons. The molecule has 0 saturated heterocycles. The van der Waals surface area contributed by atoms with Crippen LogP contribution in [-0.2, 0) is 0 Å². The third-order valence-electron chi connectivity index (χ3n) is 3.61. The van der Waals surface area contributed by atoms with Crippen molar-refractivity contribution in [3.8, 4) is 33.8 Å². The molecule has 0 spiro atoms. The lowest BCUT2D eigenvalue weighted by atomic mass is 9.96. The molecule has 0 aromatic carbocycles. The molecule has 0 atom stereocenters. The van der Waals surface area contributed by atoms with Crippen molar-refractivity contribution in [3.05, 3.63) is 85.6 Å². The highest BCUT2D eigenvalue weighted by Gasteiger charge is 2.17. The van der Waals surface area contributed by atoms with Crippen molar-refractivity contribution in [1.29, 1.82) is 0 Å². The Labute approximate surface area is 139 Å². The van der Waals surface area contributed by atoms with E-state index in [1.54, 1.807) is 24.8 Å². The van der Waals surface area contributed by atoms with Gasteiger partial charge in [0.1, 0.15) is 0 Å². The Morgan fingerprint density at radius 2 is 1.54 bits per heavy atom. The van der Waals surface area contributed by atoms with Gasteiger partial charge in [-0.3, -0.25) is 15.0 Å². The zero-order valence-electron chi connectivity index (χ0n) is 12.7. The molecule has 4 rings (SSSR count). The van der Waals surface area contributed by atoms with E-state index in [0.717, 1.165) is 33.8 Å². The van der Waals surface area contributed by atoms with Gasteiger partial charge in [0.15, 0.2) is 0 Å². The summed E-state index contributed by atoms with van der Waals surface area (Å²) in [6, 6.07) is 18.5. The Morgan fingerprint density at radius 1 is 0.750 bits per heavy atom. The zero-order valence-corrected chi connectivity index (χ0v) is 12.7. The second-order valence-corrected chi connectivity index (χ2v) is 5.12. The fourth-order valence-corrected chi connectivity index (χ4v) is 2.55. The predicted molar refractivity (Wildman–Crippen MR) is 91.6 cm³/mol. The number of pyridine rings is 4. The second-order valence-electron chi connectivity index (χ2n) is 5.12. The third-order valence-corrected chi connectivity index (χ3v) is 3.61. The summed E-state index contributed by atoms with van der Waals surface area (Å²) in [5.74, 6) is 0. The van der Waals surface area contributed by atoms with Gasteiger partial charge in [0.05, 0.1) is 23.3 Å². The van der Waals surface area contributed by atoms with Crippen molar-refractivity contribution in [2.45, 2.75) is 0 Å². The van der Waals surface area contributed by atoms with Crippen molar-refractivity contribution in [3.63, 3.8) is 0 Å². The molecule has 4 heterocycles. The Morgan fingerprint density at radius 3 is 2.21 bits per heavy atom. The van der Waals surface area contributed by atoms with Crippen LogP contribution in [-0.4, -0.2) is 19.9 Å². The molecule has 0 N–H and O–H groups in total. The first-order chi connectivity index (χ1) is 11.9. The second kappa shape index (κ2) is 6.38. The zero-order chi connectivity index (χ0) is 16.2. The van der Waals surface area contributed by atoms with Crippen LogP contribution in [0.3, 0.4) is 0 Å². The van der Waals surface area contributed by atoms with Crippen LogP contribution in [0.15, 0.2) is 73.3 Å². The standard InChI is InChI=1S/C20H12N4/c1-3-11-22-17(7-1)19-16(15-6-5-10-21-14-15)9-13-24-20(19)18-8-2-4-12-23-18/h1-8,10-12,14H. The third kappa shape index (κ3) is 2.65. The van der Waals surface area contributed by atoms with Crippen molar-refractivity contribution in [2.75, 3.05) is 0 Å². The average molecular weight is 308 g/mol. The van der Waals surface area contributed by atoms with Gasteiger partial charge < -0.3 is 0 Å². The van der Waals surface area contributed by atoms with E-state index in [9.17, 15) is 0 Å². The van der Waals surface area contributed by atoms with Gasteiger partial charge in [0, 0.05) is 47.5 Å². The normalized spacial score (nSPS) is 10.5. The molecular formula is C20H12N4. The molecule has 0 amide bonds. The molecule has 0 saturated carbocycles. The first-order valence-corrected chi connectivity index (χ1v) is 7.50. The van der Waals surface area contributed by atoms with E-state index >= 15 is 0 Å². The van der Waals surface area contributed by atoms with Crippen LogP contribution in [0.1, 0.15) is 0 Å². The average Bonchev–Trinajstić information content (AvgIpc) is 2.69. The summed E-state index contributed by atoms with van der Waals surface area (Å²) >= 11 is 0. The number of aromatic nitrogens is 4. The highest BCUT2D eigenvalue weighted by atomic mass is 14.8. The summed E-state index contributed by atoms with van der Waals surface area (Å²) in [7, 11) is 0. The predicted octanol–water partition coefficient (Wildman–Crippen LogP) is 3.87. The van der Waals surface area contributed by atoms with Gasteiger partial charge in [-0.15, -0.1) is 0 Å². The van der Waals surface area contributed by atoms with Crippen molar-refractivity contribution < 1.29 is 0 Å². The molecule has 4 aromatic rings. The quantitative estimate of drug-likeness (QED) is 0.576. The van der Waals surface area contributed by atoms with Crippen LogP contribution >= 0.6 is 0 Å². The minimum absolute atomic E-state index is 0.729. The highest BCUT2D eigenvalue weighted by Crippen LogP contribution is 2.36. The Kier molecular flexibility index (Phi) is 3.78. The minimum atomic E-state index is 0.729. The summed E-state index contributed by atoms with van der Waals surface area (Å²) in [6.45, 7) is 0.